The SMILES string of the molecule is CCOc1ccc([C@@H](N)c2nc(-c3cnccn3)n[nH]2)cc1OC. The van der Waals surface area contributed by atoms with Gasteiger partial charge in [-0.2, -0.15) is 5.10 Å². The number of nitrogens with one attached hydrogen (secondary N) is 1. The third-order valence-corrected chi connectivity index (χ3v) is 3.44. The summed E-state index contributed by atoms with van der Waals surface area (Å²) in [7, 11) is 1.59. The second-order valence-corrected chi connectivity index (χ2v) is 4.96. The van der Waals surface area contributed by atoms with E-state index in [1.807, 2.05) is 25.1 Å². The summed E-state index contributed by atoms with van der Waals surface area (Å²) < 4.78 is 10.9. The predicted octanol–water partition coefficient (Wildman–Crippen LogP) is 1.72. The van der Waals surface area contributed by atoms with Gasteiger partial charge in [-0.15, -0.1) is 0 Å². The molecule has 0 aliphatic heterocycles. The number of ether oxygens (including phenoxy) is 2. The van der Waals surface area contributed by atoms with Gasteiger partial charge in [0.1, 0.15) is 11.5 Å². The quantitative estimate of drug-likeness (QED) is 0.709. The molecule has 0 bridgehead atoms. The van der Waals surface area contributed by atoms with Crippen molar-refractivity contribution in [3.05, 3.63) is 48.2 Å². The van der Waals surface area contributed by atoms with Crippen molar-refractivity contribution in [2.75, 3.05) is 13.7 Å². The first-order valence-corrected chi connectivity index (χ1v) is 7.48. The van der Waals surface area contributed by atoms with Crippen LogP contribution in [0, 0.1) is 0 Å². The summed E-state index contributed by atoms with van der Waals surface area (Å²) in [6, 6.07) is 5.06. The van der Waals surface area contributed by atoms with Crippen LogP contribution in [0.5, 0.6) is 11.5 Å². The molecule has 0 saturated heterocycles. The van der Waals surface area contributed by atoms with Crippen LogP contribution >= 0.6 is 0 Å². The fourth-order valence-electron chi connectivity index (χ4n) is 2.25. The van der Waals surface area contributed by atoms with E-state index < -0.39 is 6.04 Å². The lowest BCUT2D eigenvalue weighted by molar-refractivity contribution is 0.310. The Morgan fingerprint density at radius 2 is 2.12 bits per heavy atom. The number of benzene rings is 1. The molecule has 1 aromatic carbocycles. The third-order valence-electron chi connectivity index (χ3n) is 3.44. The van der Waals surface area contributed by atoms with Crippen LogP contribution < -0.4 is 15.2 Å². The average molecular weight is 326 g/mol. The molecule has 0 amide bonds. The highest BCUT2D eigenvalue weighted by Gasteiger charge is 2.17. The second-order valence-electron chi connectivity index (χ2n) is 4.96. The standard InChI is InChI=1S/C16H18N6O2/c1-3-24-12-5-4-10(8-13(12)23-2)14(17)16-20-15(21-22-16)11-9-18-6-7-19-11/h4-9,14H,3,17H2,1-2H3,(H,20,21,22)/t14-/m1/s1. The van der Waals surface area contributed by atoms with Crippen molar-refractivity contribution in [2.24, 2.45) is 5.73 Å². The molecule has 0 spiro atoms. The smallest absolute Gasteiger partial charge is 0.201 e. The van der Waals surface area contributed by atoms with E-state index in [1.165, 1.54) is 0 Å². The fourth-order valence-corrected chi connectivity index (χ4v) is 2.25. The van der Waals surface area contributed by atoms with Crippen molar-refractivity contribution in [3.8, 4) is 23.0 Å². The number of hydrogen-bond donors (Lipinski definition) is 2. The number of nitrogens with zero attached hydrogens (tertiary/aromatic N) is 4. The minimum atomic E-state index is -0.479. The van der Waals surface area contributed by atoms with Crippen molar-refractivity contribution in [1.82, 2.24) is 25.1 Å². The zero-order valence-corrected chi connectivity index (χ0v) is 13.4. The van der Waals surface area contributed by atoms with E-state index in [2.05, 4.69) is 25.1 Å². The summed E-state index contributed by atoms with van der Waals surface area (Å²) in [5.41, 5.74) is 7.70. The summed E-state index contributed by atoms with van der Waals surface area (Å²) >= 11 is 0. The molecule has 0 aliphatic rings. The topological polar surface area (TPSA) is 112 Å². The molecular formula is C16H18N6O2. The highest BCUT2D eigenvalue weighted by molar-refractivity contribution is 5.47. The summed E-state index contributed by atoms with van der Waals surface area (Å²) in [4.78, 5) is 12.6. The Labute approximate surface area is 139 Å². The maximum atomic E-state index is 6.29. The van der Waals surface area contributed by atoms with Gasteiger partial charge in [-0.05, 0) is 24.6 Å². The number of methoxy groups -OCH3 is 1. The fraction of sp³-hybridized carbons (Fsp3) is 0.250. The lowest BCUT2D eigenvalue weighted by Gasteiger charge is -2.13. The summed E-state index contributed by atoms with van der Waals surface area (Å²) in [6.45, 7) is 2.48. The van der Waals surface area contributed by atoms with Crippen LogP contribution in [-0.4, -0.2) is 38.9 Å². The average Bonchev–Trinajstić information content (AvgIpc) is 3.12. The lowest BCUT2D eigenvalue weighted by atomic mass is 10.1. The molecule has 1 atom stereocenters. The molecule has 8 nitrogen and oxygen atoms in total. The molecule has 0 unspecified atom stereocenters. The number of aromatic amines is 1. The molecule has 8 heteroatoms. The molecular weight excluding hydrogens is 308 g/mol. The van der Waals surface area contributed by atoms with E-state index >= 15 is 0 Å². The van der Waals surface area contributed by atoms with Gasteiger partial charge < -0.3 is 15.2 Å². The van der Waals surface area contributed by atoms with Gasteiger partial charge in [-0.3, -0.25) is 10.1 Å². The van der Waals surface area contributed by atoms with Gasteiger partial charge in [0.25, 0.3) is 0 Å². The van der Waals surface area contributed by atoms with Crippen molar-refractivity contribution < 1.29 is 9.47 Å². The van der Waals surface area contributed by atoms with Crippen LogP contribution in [0.1, 0.15) is 24.4 Å². The van der Waals surface area contributed by atoms with E-state index in [4.69, 9.17) is 15.2 Å². The summed E-state index contributed by atoms with van der Waals surface area (Å²) in [5, 5.41) is 7.00. The number of hydrogen-bond acceptors (Lipinski definition) is 7. The molecule has 3 aromatic rings. The van der Waals surface area contributed by atoms with Crippen molar-refractivity contribution in [3.63, 3.8) is 0 Å². The minimum absolute atomic E-state index is 0.450. The molecule has 0 saturated carbocycles. The molecule has 24 heavy (non-hydrogen) atoms. The first-order valence-electron chi connectivity index (χ1n) is 7.48. The van der Waals surface area contributed by atoms with Crippen LogP contribution in [0.3, 0.4) is 0 Å². The van der Waals surface area contributed by atoms with Gasteiger partial charge in [0.2, 0.25) is 5.82 Å². The first kappa shape index (κ1) is 15.9. The third kappa shape index (κ3) is 3.18. The Balaban J connectivity index is 1.87. The Kier molecular flexibility index (Phi) is 4.66. The second kappa shape index (κ2) is 7.05. The van der Waals surface area contributed by atoms with Crippen LogP contribution in [-0.2, 0) is 0 Å². The van der Waals surface area contributed by atoms with Gasteiger partial charge >= 0.3 is 0 Å². The first-order chi connectivity index (χ1) is 11.7. The zero-order chi connectivity index (χ0) is 16.9. The molecule has 3 rings (SSSR count). The maximum Gasteiger partial charge on any atom is 0.201 e. The predicted molar refractivity (Wildman–Crippen MR) is 87.6 cm³/mol. The Morgan fingerprint density at radius 1 is 1.25 bits per heavy atom. The molecule has 0 aliphatic carbocycles. The highest BCUT2D eigenvalue weighted by atomic mass is 16.5. The van der Waals surface area contributed by atoms with Crippen LogP contribution in [0.2, 0.25) is 0 Å². The van der Waals surface area contributed by atoms with E-state index in [0.29, 0.717) is 35.4 Å². The maximum absolute atomic E-state index is 6.29. The largest absolute Gasteiger partial charge is 0.493 e. The highest BCUT2D eigenvalue weighted by Crippen LogP contribution is 2.31. The van der Waals surface area contributed by atoms with Gasteiger partial charge in [0.05, 0.1) is 26.0 Å². The van der Waals surface area contributed by atoms with Crippen molar-refractivity contribution >= 4 is 0 Å². The van der Waals surface area contributed by atoms with Crippen LogP contribution in [0.15, 0.2) is 36.8 Å². The van der Waals surface area contributed by atoms with Gasteiger partial charge in [0.15, 0.2) is 11.5 Å². The molecule has 2 heterocycles. The van der Waals surface area contributed by atoms with Gasteiger partial charge in [-0.1, -0.05) is 6.07 Å². The molecule has 124 valence electrons. The van der Waals surface area contributed by atoms with E-state index in [9.17, 15) is 0 Å². The van der Waals surface area contributed by atoms with Crippen LogP contribution in [0.25, 0.3) is 11.5 Å². The number of aromatic nitrogens is 5. The summed E-state index contributed by atoms with van der Waals surface area (Å²) in [6.07, 6.45) is 4.77. The van der Waals surface area contributed by atoms with E-state index in [0.717, 1.165) is 5.56 Å². The van der Waals surface area contributed by atoms with Gasteiger partial charge in [-0.25, -0.2) is 9.97 Å². The summed E-state index contributed by atoms with van der Waals surface area (Å²) in [5.74, 6) is 2.28. The Hall–Kier alpha value is -3.00. The monoisotopic (exact) mass is 326 g/mol. The zero-order valence-electron chi connectivity index (χ0n) is 13.4. The minimum Gasteiger partial charge on any atom is -0.493 e. The van der Waals surface area contributed by atoms with Gasteiger partial charge in [0, 0.05) is 12.4 Å². The van der Waals surface area contributed by atoms with E-state index in [1.54, 1.807) is 25.7 Å². The Morgan fingerprint density at radius 3 is 2.83 bits per heavy atom. The van der Waals surface area contributed by atoms with Crippen molar-refractivity contribution in [1.29, 1.82) is 0 Å². The van der Waals surface area contributed by atoms with E-state index in [-0.39, 0.29) is 0 Å². The van der Waals surface area contributed by atoms with Crippen molar-refractivity contribution in [2.45, 2.75) is 13.0 Å². The molecule has 0 fully saturated rings. The number of H-pyrrole nitrogens is 1. The molecule has 3 N–H and O–H groups in total. The number of nitrogens with two attached hydrogens (primary N) is 1. The number of rotatable bonds is 6. The normalized spacial score (nSPS) is 12.0. The van der Waals surface area contributed by atoms with Crippen LogP contribution in [0.4, 0.5) is 0 Å². The molecule has 2 aromatic heterocycles. The molecule has 0 radical (unpaired) electrons. The lowest BCUT2D eigenvalue weighted by Crippen LogP contribution is -2.14. The Bertz CT molecular complexity index is 805.